The number of H-pyrrole nitrogens is 1. The number of piperidine rings is 1. The maximum absolute atomic E-state index is 13.0. The van der Waals surface area contributed by atoms with E-state index in [2.05, 4.69) is 20.6 Å². The summed E-state index contributed by atoms with van der Waals surface area (Å²) in [4.78, 5) is 59.4. The lowest BCUT2D eigenvalue weighted by molar-refractivity contribution is -0.148. The van der Waals surface area contributed by atoms with Crippen LogP contribution in [0.3, 0.4) is 0 Å². The van der Waals surface area contributed by atoms with Crippen molar-refractivity contribution >= 4 is 46.8 Å². The number of nitrogens with one attached hydrogen (secondary N) is 3. The average Bonchev–Trinajstić information content (AvgIpc) is 2.80. The molecule has 1 saturated heterocycles. The SMILES string of the molecule is CCOC(=O)[C@H]1CCCN(c2nc3c(c(=O)[nH]2)[C@@H](C(=O)Nc2ccccc2Cl)CC(=O)N3)C1. The van der Waals surface area contributed by atoms with Crippen molar-refractivity contribution in [3.63, 3.8) is 0 Å². The minimum atomic E-state index is -1.02. The van der Waals surface area contributed by atoms with Gasteiger partial charge in [-0.15, -0.1) is 0 Å². The molecule has 2 aliphatic heterocycles. The van der Waals surface area contributed by atoms with Gasteiger partial charge >= 0.3 is 5.97 Å². The monoisotopic (exact) mass is 473 g/mol. The molecule has 2 amide bonds. The van der Waals surface area contributed by atoms with Crippen LogP contribution in [0.1, 0.15) is 37.7 Å². The van der Waals surface area contributed by atoms with Gasteiger partial charge in [0.15, 0.2) is 0 Å². The first-order chi connectivity index (χ1) is 15.9. The molecule has 0 spiro atoms. The van der Waals surface area contributed by atoms with Gasteiger partial charge in [0.2, 0.25) is 17.8 Å². The first kappa shape index (κ1) is 22.8. The number of para-hydroxylation sites is 1. The van der Waals surface area contributed by atoms with Crippen LogP contribution >= 0.6 is 11.6 Å². The molecule has 10 nitrogen and oxygen atoms in total. The summed E-state index contributed by atoms with van der Waals surface area (Å²) in [5, 5.41) is 5.63. The highest BCUT2D eigenvalue weighted by molar-refractivity contribution is 6.33. The minimum Gasteiger partial charge on any atom is -0.466 e. The van der Waals surface area contributed by atoms with Crippen LogP contribution in [0.5, 0.6) is 0 Å². The van der Waals surface area contributed by atoms with E-state index in [1.165, 1.54) is 0 Å². The maximum atomic E-state index is 13.0. The first-order valence-corrected chi connectivity index (χ1v) is 11.2. The van der Waals surface area contributed by atoms with Gasteiger partial charge in [0.25, 0.3) is 5.56 Å². The van der Waals surface area contributed by atoms with Crippen molar-refractivity contribution in [3.8, 4) is 0 Å². The number of halogens is 1. The summed E-state index contributed by atoms with van der Waals surface area (Å²) in [5.41, 5.74) is -0.0505. The van der Waals surface area contributed by atoms with E-state index in [0.29, 0.717) is 36.8 Å². The van der Waals surface area contributed by atoms with Gasteiger partial charge in [-0.25, -0.2) is 0 Å². The zero-order valence-electron chi connectivity index (χ0n) is 18.0. The number of aromatic nitrogens is 2. The molecule has 0 radical (unpaired) electrons. The standard InChI is InChI=1S/C22H24ClN5O5/c1-2-33-21(32)12-6-5-9-28(11-12)22-26-18-17(20(31)27-22)13(10-16(29)25-18)19(30)24-15-8-4-3-7-14(15)23/h3-4,7-8,12-13H,2,5-6,9-11H2,1H3,(H,24,30)(H2,25,26,27,29,31)/t12-,13-/m0/s1. The van der Waals surface area contributed by atoms with Crippen molar-refractivity contribution in [1.29, 1.82) is 0 Å². The summed E-state index contributed by atoms with van der Waals surface area (Å²) in [6, 6.07) is 6.70. The van der Waals surface area contributed by atoms with E-state index >= 15 is 0 Å². The number of carbonyl (C=O) groups excluding carboxylic acids is 3. The highest BCUT2D eigenvalue weighted by Crippen LogP contribution is 2.32. The van der Waals surface area contributed by atoms with Crippen molar-refractivity contribution in [1.82, 2.24) is 9.97 Å². The van der Waals surface area contributed by atoms with Crippen molar-refractivity contribution in [2.45, 2.75) is 32.1 Å². The Hall–Kier alpha value is -3.40. The fraction of sp³-hybridized carbons (Fsp3) is 0.409. The molecular formula is C22H24ClN5O5. The molecule has 2 aromatic rings. The molecule has 0 unspecified atom stereocenters. The van der Waals surface area contributed by atoms with E-state index in [4.69, 9.17) is 16.3 Å². The molecule has 3 N–H and O–H groups in total. The molecular weight excluding hydrogens is 450 g/mol. The van der Waals surface area contributed by atoms with Crippen LogP contribution in [-0.2, 0) is 19.1 Å². The number of carbonyl (C=O) groups is 3. The molecule has 2 aliphatic rings. The van der Waals surface area contributed by atoms with Crippen LogP contribution < -0.4 is 21.1 Å². The van der Waals surface area contributed by atoms with E-state index in [1.807, 2.05) is 0 Å². The number of aromatic amines is 1. The van der Waals surface area contributed by atoms with Gasteiger partial charge in [0.05, 0.1) is 34.7 Å². The zero-order valence-corrected chi connectivity index (χ0v) is 18.8. The molecule has 0 saturated carbocycles. The van der Waals surface area contributed by atoms with E-state index in [9.17, 15) is 19.2 Å². The smallest absolute Gasteiger partial charge is 0.310 e. The highest BCUT2D eigenvalue weighted by Gasteiger charge is 2.36. The van der Waals surface area contributed by atoms with Crippen LogP contribution in [0.2, 0.25) is 5.02 Å². The summed E-state index contributed by atoms with van der Waals surface area (Å²) in [6.45, 7) is 2.97. The summed E-state index contributed by atoms with van der Waals surface area (Å²) in [6.07, 6.45) is 1.22. The molecule has 3 heterocycles. The number of rotatable bonds is 5. The lowest BCUT2D eigenvalue weighted by atomic mass is 9.92. The number of ether oxygens (including phenoxy) is 1. The Balaban J connectivity index is 1.60. The topological polar surface area (TPSA) is 133 Å². The van der Waals surface area contributed by atoms with Crippen LogP contribution in [0, 0.1) is 5.92 Å². The second-order valence-electron chi connectivity index (χ2n) is 7.96. The molecule has 33 heavy (non-hydrogen) atoms. The van der Waals surface area contributed by atoms with Gasteiger partial charge in [0, 0.05) is 19.5 Å². The van der Waals surface area contributed by atoms with Gasteiger partial charge in [-0.05, 0) is 31.9 Å². The van der Waals surface area contributed by atoms with Gasteiger partial charge < -0.3 is 20.3 Å². The number of benzene rings is 1. The minimum absolute atomic E-state index is 0.0440. The number of hydrogen-bond donors (Lipinski definition) is 3. The van der Waals surface area contributed by atoms with Crippen molar-refractivity contribution in [2.75, 3.05) is 35.2 Å². The zero-order chi connectivity index (χ0) is 23.5. The predicted molar refractivity (Wildman–Crippen MR) is 122 cm³/mol. The Labute approximate surface area is 194 Å². The van der Waals surface area contributed by atoms with E-state index in [0.717, 1.165) is 6.42 Å². The summed E-state index contributed by atoms with van der Waals surface area (Å²) in [5.74, 6) is -2.31. The van der Waals surface area contributed by atoms with Crippen LogP contribution in [0.25, 0.3) is 0 Å². The molecule has 174 valence electrons. The third-order valence-electron chi connectivity index (χ3n) is 5.73. The van der Waals surface area contributed by atoms with Crippen LogP contribution in [0.4, 0.5) is 17.5 Å². The number of fused-ring (bicyclic) bond motifs is 1. The second-order valence-corrected chi connectivity index (χ2v) is 8.37. The molecule has 4 rings (SSSR count). The third-order valence-corrected chi connectivity index (χ3v) is 6.06. The molecule has 0 bridgehead atoms. The van der Waals surface area contributed by atoms with E-state index in [-0.39, 0.29) is 35.6 Å². The molecule has 0 aliphatic carbocycles. The predicted octanol–water partition coefficient (Wildman–Crippen LogP) is 2.27. The number of amides is 2. The van der Waals surface area contributed by atoms with E-state index in [1.54, 1.807) is 36.1 Å². The van der Waals surface area contributed by atoms with Crippen molar-refractivity contribution in [3.05, 3.63) is 45.2 Å². The van der Waals surface area contributed by atoms with Crippen LogP contribution in [-0.4, -0.2) is 47.4 Å². The summed E-state index contributed by atoms with van der Waals surface area (Å²) < 4.78 is 5.12. The Bertz CT molecular complexity index is 1150. The number of nitrogens with zero attached hydrogens (tertiary/aromatic N) is 2. The van der Waals surface area contributed by atoms with Crippen molar-refractivity contribution < 1.29 is 19.1 Å². The van der Waals surface area contributed by atoms with Crippen molar-refractivity contribution in [2.24, 2.45) is 5.92 Å². The molecule has 1 aromatic heterocycles. The quantitative estimate of drug-likeness (QED) is 0.567. The van der Waals surface area contributed by atoms with Gasteiger partial charge in [-0.1, -0.05) is 23.7 Å². The molecule has 11 heteroatoms. The fourth-order valence-corrected chi connectivity index (χ4v) is 4.32. The lowest BCUT2D eigenvalue weighted by Crippen LogP contribution is -2.42. The Morgan fingerprint density at radius 2 is 2.09 bits per heavy atom. The fourth-order valence-electron chi connectivity index (χ4n) is 4.14. The maximum Gasteiger partial charge on any atom is 0.310 e. The molecule has 1 aromatic carbocycles. The summed E-state index contributed by atoms with van der Waals surface area (Å²) in [7, 11) is 0. The summed E-state index contributed by atoms with van der Waals surface area (Å²) >= 11 is 6.12. The largest absolute Gasteiger partial charge is 0.466 e. The highest BCUT2D eigenvalue weighted by atomic mass is 35.5. The Kier molecular flexibility index (Phi) is 6.64. The Morgan fingerprint density at radius 1 is 1.30 bits per heavy atom. The third kappa shape index (κ3) is 4.85. The number of esters is 1. The normalized spacial score (nSPS) is 19.9. The number of hydrogen-bond acceptors (Lipinski definition) is 7. The van der Waals surface area contributed by atoms with Gasteiger partial charge in [0.1, 0.15) is 5.82 Å². The molecule has 2 atom stereocenters. The van der Waals surface area contributed by atoms with E-state index < -0.39 is 23.3 Å². The molecule has 1 fully saturated rings. The van der Waals surface area contributed by atoms with Gasteiger partial charge in [-0.3, -0.25) is 24.2 Å². The number of anilines is 3. The first-order valence-electron chi connectivity index (χ1n) is 10.8. The van der Waals surface area contributed by atoms with Gasteiger partial charge in [-0.2, -0.15) is 4.98 Å². The lowest BCUT2D eigenvalue weighted by Gasteiger charge is -2.32. The Morgan fingerprint density at radius 3 is 2.85 bits per heavy atom. The second kappa shape index (κ2) is 9.62. The van der Waals surface area contributed by atoms with Crippen LogP contribution in [0.15, 0.2) is 29.1 Å². The average molecular weight is 474 g/mol.